The summed E-state index contributed by atoms with van der Waals surface area (Å²) >= 11 is 3.47. The monoisotopic (exact) mass is 326 g/mol. The molecule has 1 aliphatic rings. The van der Waals surface area contributed by atoms with Crippen LogP contribution in [0.5, 0.6) is 0 Å². The number of nitro groups is 1. The predicted molar refractivity (Wildman–Crippen MR) is 80.5 cm³/mol. The molecule has 1 saturated carbocycles. The van der Waals surface area contributed by atoms with Gasteiger partial charge in [-0.3, -0.25) is 10.1 Å². The molecule has 0 aromatic heterocycles. The Kier molecular flexibility index (Phi) is 4.13. The summed E-state index contributed by atoms with van der Waals surface area (Å²) < 4.78 is 0.892. The number of halogens is 1. The molecule has 1 aromatic carbocycles. The van der Waals surface area contributed by atoms with E-state index in [1.807, 2.05) is 0 Å². The summed E-state index contributed by atoms with van der Waals surface area (Å²) in [6, 6.07) is 3.87. The van der Waals surface area contributed by atoms with E-state index < -0.39 is 0 Å². The Morgan fingerprint density at radius 2 is 2.05 bits per heavy atom. The zero-order chi connectivity index (χ0) is 14.2. The summed E-state index contributed by atoms with van der Waals surface area (Å²) in [5.74, 6) is 1.49. The number of nitro benzene ring substituents is 1. The summed E-state index contributed by atoms with van der Waals surface area (Å²) in [7, 11) is 0. The number of anilines is 1. The van der Waals surface area contributed by atoms with E-state index in [0.717, 1.165) is 28.9 Å². The van der Waals surface area contributed by atoms with E-state index in [1.165, 1.54) is 0 Å². The van der Waals surface area contributed by atoms with Crippen molar-refractivity contribution in [2.45, 2.75) is 39.7 Å². The maximum Gasteiger partial charge on any atom is 0.274 e. The SMILES string of the molecule is Cc1cc(Br)c(NC2CC(C(C)C)C2)cc1[N+](=O)[O-]. The van der Waals surface area contributed by atoms with Gasteiger partial charge in [-0.15, -0.1) is 0 Å². The molecule has 0 heterocycles. The molecule has 104 valence electrons. The second kappa shape index (κ2) is 5.49. The van der Waals surface area contributed by atoms with Crippen LogP contribution < -0.4 is 5.32 Å². The highest BCUT2D eigenvalue weighted by atomic mass is 79.9. The molecule has 1 aliphatic carbocycles. The van der Waals surface area contributed by atoms with Crippen molar-refractivity contribution >= 4 is 27.3 Å². The minimum atomic E-state index is -0.329. The lowest BCUT2D eigenvalue weighted by Crippen LogP contribution is -2.38. The molecule has 0 amide bonds. The van der Waals surface area contributed by atoms with Crippen LogP contribution in [0, 0.1) is 28.9 Å². The second-order valence-electron chi connectivity index (χ2n) is 5.69. The maximum absolute atomic E-state index is 11.0. The van der Waals surface area contributed by atoms with Gasteiger partial charge in [0.05, 0.1) is 10.6 Å². The predicted octanol–water partition coefficient (Wildman–Crippen LogP) is 4.51. The van der Waals surface area contributed by atoms with Crippen LogP contribution >= 0.6 is 15.9 Å². The molecule has 1 N–H and O–H groups in total. The van der Waals surface area contributed by atoms with Crippen molar-refractivity contribution < 1.29 is 4.92 Å². The van der Waals surface area contributed by atoms with Crippen LogP contribution in [0.25, 0.3) is 0 Å². The zero-order valence-electron chi connectivity index (χ0n) is 11.4. The molecule has 0 atom stereocenters. The molecule has 0 saturated heterocycles. The van der Waals surface area contributed by atoms with Crippen molar-refractivity contribution in [2.75, 3.05) is 5.32 Å². The molecule has 2 rings (SSSR count). The average Bonchev–Trinajstić information content (AvgIpc) is 2.23. The Morgan fingerprint density at radius 1 is 1.42 bits per heavy atom. The smallest absolute Gasteiger partial charge is 0.274 e. The first kappa shape index (κ1) is 14.3. The lowest BCUT2D eigenvalue weighted by Gasteiger charge is -2.39. The normalized spacial score (nSPS) is 22.2. The van der Waals surface area contributed by atoms with E-state index in [4.69, 9.17) is 0 Å². The number of nitrogens with one attached hydrogen (secondary N) is 1. The highest BCUT2D eigenvalue weighted by Crippen LogP contribution is 2.38. The van der Waals surface area contributed by atoms with Crippen molar-refractivity contribution in [1.29, 1.82) is 0 Å². The van der Waals surface area contributed by atoms with Crippen LogP contribution in [0.1, 0.15) is 32.3 Å². The molecule has 1 aromatic rings. The highest BCUT2D eigenvalue weighted by Gasteiger charge is 2.31. The lowest BCUT2D eigenvalue weighted by molar-refractivity contribution is -0.385. The van der Waals surface area contributed by atoms with Gasteiger partial charge in [0.2, 0.25) is 0 Å². The molecule has 1 fully saturated rings. The molecule has 19 heavy (non-hydrogen) atoms. The summed E-state index contributed by atoms with van der Waals surface area (Å²) in [5.41, 5.74) is 1.67. The Hall–Kier alpha value is -1.10. The van der Waals surface area contributed by atoms with Gasteiger partial charge >= 0.3 is 0 Å². The fraction of sp³-hybridized carbons (Fsp3) is 0.571. The van der Waals surface area contributed by atoms with E-state index in [-0.39, 0.29) is 10.6 Å². The van der Waals surface area contributed by atoms with E-state index in [2.05, 4.69) is 35.1 Å². The largest absolute Gasteiger partial charge is 0.381 e. The topological polar surface area (TPSA) is 55.2 Å². The zero-order valence-corrected chi connectivity index (χ0v) is 13.0. The molecule has 5 heteroatoms. The summed E-state index contributed by atoms with van der Waals surface area (Å²) in [6.07, 6.45) is 2.29. The summed E-state index contributed by atoms with van der Waals surface area (Å²) in [4.78, 5) is 10.6. The molecular weight excluding hydrogens is 308 g/mol. The van der Waals surface area contributed by atoms with Crippen molar-refractivity contribution in [3.63, 3.8) is 0 Å². The van der Waals surface area contributed by atoms with Crippen molar-refractivity contribution in [1.82, 2.24) is 0 Å². The van der Waals surface area contributed by atoms with Gasteiger partial charge in [-0.25, -0.2) is 0 Å². The third-order valence-electron chi connectivity index (χ3n) is 3.96. The molecule has 0 bridgehead atoms. The Balaban J connectivity index is 2.09. The van der Waals surface area contributed by atoms with Crippen LogP contribution in [0.4, 0.5) is 11.4 Å². The van der Waals surface area contributed by atoms with Crippen LogP contribution in [0.15, 0.2) is 16.6 Å². The van der Waals surface area contributed by atoms with Crippen LogP contribution in [-0.2, 0) is 0 Å². The second-order valence-corrected chi connectivity index (χ2v) is 6.55. The number of benzene rings is 1. The lowest BCUT2D eigenvalue weighted by atomic mass is 9.73. The van der Waals surface area contributed by atoms with Gasteiger partial charge in [-0.1, -0.05) is 13.8 Å². The summed E-state index contributed by atoms with van der Waals surface area (Å²) in [5, 5.41) is 14.4. The van der Waals surface area contributed by atoms with Crippen molar-refractivity contribution in [3.8, 4) is 0 Å². The Morgan fingerprint density at radius 3 is 2.58 bits per heavy atom. The van der Waals surface area contributed by atoms with Crippen LogP contribution in [-0.4, -0.2) is 11.0 Å². The van der Waals surface area contributed by atoms with Crippen LogP contribution in [0.3, 0.4) is 0 Å². The fourth-order valence-corrected chi connectivity index (χ4v) is 3.08. The first-order chi connectivity index (χ1) is 8.88. The van der Waals surface area contributed by atoms with Gasteiger partial charge in [0.25, 0.3) is 5.69 Å². The maximum atomic E-state index is 11.0. The van der Waals surface area contributed by atoms with Gasteiger partial charge in [0.1, 0.15) is 0 Å². The third kappa shape index (κ3) is 3.08. The minimum absolute atomic E-state index is 0.172. The fourth-order valence-electron chi connectivity index (χ4n) is 2.51. The van der Waals surface area contributed by atoms with E-state index in [0.29, 0.717) is 17.5 Å². The van der Waals surface area contributed by atoms with Gasteiger partial charge in [-0.05, 0) is 53.6 Å². The number of rotatable bonds is 4. The average molecular weight is 327 g/mol. The molecular formula is C14H19BrN2O2. The van der Waals surface area contributed by atoms with Gasteiger partial charge in [0, 0.05) is 22.1 Å². The highest BCUT2D eigenvalue weighted by molar-refractivity contribution is 9.10. The number of aryl methyl sites for hydroxylation is 1. The van der Waals surface area contributed by atoms with Crippen molar-refractivity contribution in [2.24, 2.45) is 11.8 Å². The quantitative estimate of drug-likeness (QED) is 0.654. The molecule has 0 spiro atoms. The van der Waals surface area contributed by atoms with E-state index in [1.54, 1.807) is 19.1 Å². The van der Waals surface area contributed by atoms with E-state index >= 15 is 0 Å². The molecule has 0 radical (unpaired) electrons. The Bertz CT molecular complexity index is 496. The minimum Gasteiger partial charge on any atom is -0.381 e. The first-order valence-electron chi connectivity index (χ1n) is 6.59. The Labute approximate surface area is 121 Å². The van der Waals surface area contributed by atoms with Gasteiger partial charge in [0.15, 0.2) is 0 Å². The van der Waals surface area contributed by atoms with Crippen LogP contribution in [0.2, 0.25) is 0 Å². The van der Waals surface area contributed by atoms with Gasteiger partial charge < -0.3 is 5.32 Å². The molecule has 0 aliphatic heterocycles. The van der Waals surface area contributed by atoms with E-state index in [9.17, 15) is 10.1 Å². The third-order valence-corrected chi connectivity index (χ3v) is 4.62. The summed E-state index contributed by atoms with van der Waals surface area (Å²) in [6.45, 7) is 6.24. The number of hydrogen-bond donors (Lipinski definition) is 1. The number of nitrogens with zero attached hydrogens (tertiary/aromatic N) is 1. The number of hydrogen-bond acceptors (Lipinski definition) is 3. The molecule has 0 unspecified atom stereocenters. The first-order valence-corrected chi connectivity index (χ1v) is 7.39. The molecule has 4 nitrogen and oxygen atoms in total. The van der Waals surface area contributed by atoms with Crippen molar-refractivity contribution in [3.05, 3.63) is 32.3 Å². The van der Waals surface area contributed by atoms with Gasteiger partial charge in [-0.2, -0.15) is 0 Å². The standard InChI is InChI=1S/C14H19BrN2O2/c1-8(2)10-5-11(6-10)16-13-7-14(17(18)19)9(3)4-12(13)15/h4,7-8,10-11,16H,5-6H2,1-3H3.